The van der Waals surface area contributed by atoms with Crippen LogP contribution in [-0.2, 0) is 16.6 Å². The highest BCUT2D eigenvalue weighted by Crippen LogP contribution is 2.50. The molecule has 2 N–H and O–H groups in total. The molecule has 0 radical (unpaired) electrons. The molecule has 2 aliphatic rings. The lowest BCUT2D eigenvalue weighted by Crippen LogP contribution is -2.27. The molecule has 6 heteroatoms. The summed E-state index contributed by atoms with van der Waals surface area (Å²) in [6, 6.07) is 16.3. The Balaban J connectivity index is 0.00000162. The van der Waals surface area contributed by atoms with E-state index in [9.17, 15) is 14.7 Å². The lowest BCUT2D eigenvalue weighted by atomic mass is 9.92. The van der Waals surface area contributed by atoms with Crippen molar-refractivity contribution in [3.05, 3.63) is 81.9 Å². The van der Waals surface area contributed by atoms with Crippen LogP contribution in [0.3, 0.4) is 0 Å². The molecule has 0 bridgehead atoms. The molecule has 32 heavy (non-hydrogen) atoms. The van der Waals surface area contributed by atoms with E-state index in [4.69, 9.17) is 16.3 Å². The molecule has 1 aliphatic carbocycles. The highest BCUT2D eigenvalue weighted by atomic mass is 35.5. The number of aryl methyl sites for hydroxylation is 1. The van der Waals surface area contributed by atoms with Crippen LogP contribution < -0.4 is 10.1 Å². The first-order valence-electron chi connectivity index (χ1n) is 10.6. The number of fused-ring (bicyclic) bond motifs is 1. The van der Waals surface area contributed by atoms with Crippen LogP contribution >= 0.6 is 11.6 Å². The molecule has 5 nitrogen and oxygen atoms in total. The van der Waals surface area contributed by atoms with E-state index in [-0.39, 0.29) is 14.3 Å². The molecule has 0 spiro atoms. The molecule has 166 valence electrons. The number of carbonyl (C=O) groups excluding carboxylic acids is 1. The average Bonchev–Trinajstić information content (AvgIpc) is 3.46. The number of ether oxygens (including phenoxy) is 1. The molecular weight excluding hydrogens is 426 g/mol. The molecule has 1 heterocycles. The Morgan fingerprint density at radius 3 is 2.62 bits per heavy atom. The Morgan fingerprint density at radius 2 is 1.88 bits per heavy atom. The number of carboxylic acid groups (broad SMARTS) is 1. The minimum absolute atomic E-state index is 0. The number of carboxylic acids is 1. The highest BCUT2D eigenvalue weighted by Gasteiger charge is 2.51. The fourth-order valence-electron chi connectivity index (χ4n) is 4.36. The minimum atomic E-state index is -1.01. The Labute approximate surface area is 194 Å². The second kappa shape index (κ2) is 7.68. The summed E-state index contributed by atoms with van der Waals surface area (Å²) in [6.07, 6.45) is 2.49. The van der Waals surface area contributed by atoms with E-state index in [1.165, 1.54) is 6.07 Å². The van der Waals surface area contributed by atoms with E-state index in [1.807, 2.05) is 37.3 Å². The van der Waals surface area contributed by atoms with Gasteiger partial charge >= 0.3 is 5.97 Å². The van der Waals surface area contributed by atoms with Crippen LogP contribution in [0.5, 0.6) is 5.75 Å². The van der Waals surface area contributed by atoms with E-state index >= 15 is 0 Å². The molecule has 3 aromatic rings. The predicted octanol–water partition coefficient (Wildman–Crippen LogP) is 6.11. The van der Waals surface area contributed by atoms with Crippen LogP contribution in [0, 0.1) is 6.92 Å². The fraction of sp³-hybridized carbons (Fsp3) is 0.231. The van der Waals surface area contributed by atoms with E-state index in [0.717, 1.165) is 47.3 Å². The summed E-state index contributed by atoms with van der Waals surface area (Å²) < 4.78 is 5.59. The molecule has 3 aromatic carbocycles. The van der Waals surface area contributed by atoms with Crippen molar-refractivity contribution in [1.29, 1.82) is 0 Å². The van der Waals surface area contributed by atoms with Gasteiger partial charge in [0, 0.05) is 25.5 Å². The molecule has 5 rings (SSSR count). The van der Waals surface area contributed by atoms with Crippen molar-refractivity contribution >= 4 is 29.2 Å². The number of carbonyl (C=O) groups is 2. The SMILES string of the molecule is Cc1ccc(NC(=O)C2(c3ccc4c(c3)CCO4)CC2)cc1-c1cc(C(=O)O)ccc1Cl.[HH].[HH]. The van der Waals surface area contributed by atoms with Gasteiger partial charge in [0.1, 0.15) is 5.75 Å². The number of anilines is 1. The molecule has 0 atom stereocenters. The Hall–Kier alpha value is -3.31. The lowest BCUT2D eigenvalue weighted by molar-refractivity contribution is -0.118. The number of nitrogens with one attached hydrogen (secondary N) is 1. The van der Waals surface area contributed by atoms with Gasteiger partial charge in [-0.15, -0.1) is 0 Å². The van der Waals surface area contributed by atoms with Crippen molar-refractivity contribution < 1.29 is 22.3 Å². The van der Waals surface area contributed by atoms with E-state index in [2.05, 4.69) is 11.4 Å². The van der Waals surface area contributed by atoms with E-state index < -0.39 is 11.4 Å². The third kappa shape index (κ3) is 3.53. The van der Waals surface area contributed by atoms with E-state index in [1.54, 1.807) is 12.1 Å². The van der Waals surface area contributed by atoms with Crippen LogP contribution in [0.2, 0.25) is 5.02 Å². The third-order valence-corrected chi connectivity index (χ3v) is 6.76. The molecule has 0 saturated heterocycles. The maximum absolute atomic E-state index is 13.3. The second-order valence-corrected chi connectivity index (χ2v) is 8.89. The highest BCUT2D eigenvalue weighted by molar-refractivity contribution is 6.33. The molecule has 1 saturated carbocycles. The summed E-state index contributed by atoms with van der Waals surface area (Å²) >= 11 is 6.38. The quantitative estimate of drug-likeness (QED) is 0.490. The van der Waals surface area contributed by atoms with Gasteiger partial charge < -0.3 is 15.2 Å². The topological polar surface area (TPSA) is 75.6 Å². The second-order valence-electron chi connectivity index (χ2n) is 8.49. The Kier molecular flexibility index (Phi) is 4.94. The fourth-order valence-corrected chi connectivity index (χ4v) is 4.58. The number of rotatable bonds is 5. The Morgan fingerprint density at radius 1 is 1.06 bits per heavy atom. The zero-order valence-electron chi connectivity index (χ0n) is 17.6. The van der Waals surface area contributed by atoms with Gasteiger partial charge in [0.2, 0.25) is 5.91 Å². The molecule has 0 unspecified atom stereocenters. The van der Waals surface area contributed by atoms with Gasteiger partial charge in [0.25, 0.3) is 0 Å². The molecular formula is C26H26ClNO4. The maximum Gasteiger partial charge on any atom is 0.335 e. The van der Waals surface area contributed by atoms with E-state index in [0.29, 0.717) is 22.9 Å². The number of aromatic carboxylic acids is 1. The summed E-state index contributed by atoms with van der Waals surface area (Å²) in [5, 5.41) is 12.9. The predicted molar refractivity (Wildman–Crippen MR) is 128 cm³/mol. The summed E-state index contributed by atoms with van der Waals surface area (Å²) in [4.78, 5) is 24.7. The first-order valence-corrected chi connectivity index (χ1v) is 11.0. The molecule has 1 aliphatic heterocycles. The average molecular weight is 452 g/mol. The van der Waals surface area contributed by atoms with Gasteiger partial charge in [0.05, 0.1) is 17.6 Å². The zero-order valence-corrected chi connectivity index (χ0v) is 18.3. The molecule has 1 amide bonds. The van der Waals surface area contributed by atoms with Crippen molar-refractivity contribution in [3.8, 4) is 16.9 Å². The van der Waals surface area contributed by atoms with Crippen LogP contribution in [0.4, 0.5) is 5.69 Å². The summed E-state index contributed by atoms with van der Waals surface area (Å²) in [6.45, 7) is 2.62. The standard InChI is InChI=1S/C26H22ClNO4.2H2/c1-15-2-5-19(14-20(15)21-13-17(24(29)30)3-6-22(21)27)28-25(31)26(9-10-26)18-4-7-23-16(12-18)8-11-32-23;;/h2-7,12-14H,8-11H2,1H3,(H,28,31)(H,29,30);2*1H. The minimum Gasteiger partial charge on any atom is -0.493 e. The number of hydrogen-bond donors (Lipinski definition) is 2. The first-order chi connectivity index (χ1) is 15.4. The van der Waals surface area contributed by atoms with Crippen molar-refractivity contribution in [2.45, 2.75) is 31.6 Å². The van der Waals surface area contributed by atoms with Gasteiger partial charge in [-0.3, -0.25) is 4.79 Å². The number of halogens is 1. The van der Waals surface area contributed by atoms with Crippen molar-refractivity contribution in [3.63, 3.8) is 0 Å². The van der Waals surface area contributed by atoms with Crippen LogP contribution in [0.25, 0.3) is 11.1 Å². The normalized spacial score (nSPS) is 15.6. The van der Waals surface area contributed by atoms with Gasteiger partial charge in [0.15, 0.2) is 0 Å². The van der Waals surface area contributed by atoms with Crippen LogP contribution in [0.15, 0.2) is 54.6 Å². The summed E-state index contributed by atoms with van der Waals surface area (Å²) in [5.41, 5.74) is 4.85. The van der Waals surface area contributed by atoms with Gasteiger partial charge in [-0.1, -0.05) is 29.8 Å². The summed E-state index contributed by atoms with van der Waals surface area (Å²) in [7, 11) is 0. The lowest BCUT2D eigenvalue weighted by Gasteiger charge is -2.18. The first kappa shape index (κ1) is 20.6. The van der Waals surface area contributed by atoms with Crippen LogP contribution in [0.1, 0.15) is 42.7 Å². The maximum atomic E-state index is 13.3. The largest absolute Gasteiger partial charge is 0.493 e. The van der Waals surface area contributed by atoms with Gasteiger partial charge in [-0.05, 0) is 78.4 Å². The zero-order chi connectivity index (χ0) is 22.5. The monoisotopic (exact) mass is 451 g/mol. The van der Waals surface area contributed by atoms with Crippen molar-refractivity contribution in [2.75, 3.05) is 11.9 Å². The number of hydrogen-bond acceptors (Lipinski definition) is 3. The van der Waals surface area contributed by atoms with Crippen molar-refractivity contribution in [1.82, 2.24) is 0 Å². The number of amides is 1. The number of benzene rings is 3. The molecule has 1 fully saturated rings. The van der Waals surface area contributed by atoms with Gasteiger partial charge in [-0.2, -0.15) is 0 Å². The van der Waals surface area contributed by atoms with Crippen LogP contribution in [-0.4, -0.2) is 23.6 Å². The Bertz CT molecular complexity index is 1270. The van der Waals surface area contributed by atoms with Crippen molar-refractivity contribution in [2.24, 2.45) is 0 Å². The summed E-state index contributed by atoms with van der Waals surface area (Å²) in [5.74, 6) is -0.134. The third-order valence-electron chi connectivity index (χ3n) is 6.43. The smallest absolute Gasteiger partial charge is 0.335 e. The van der Waals surface area contributed by atoms with Gasteiger partial charge in [-0.25, -0.2) is 4.79 Å². The molecule has 0 aromatic heterocycles.